The molecular formula is C27H27ClFN5O4S. The number of likely N-dealkylation sites (tertiary alicyclic amines) is 1. The Bertz CT molecular complexity index is 1500. The number of ether oxygens (including phenoxy) is 2. The maximum Gasteiger partial charge on any atom is 0.365 e. The first kappa shape index (κ1) is 26.1. The van der Waals surface area contributed by atoms with E-state index >= 15 is 0 Å². The molecule has 2 aliphatic heterocycles. The Hall–Kier alpha value is -3.12. The number of pyridine rings is 1. The Morgan fingerprint density at radius 1 is 1.18 bits per heavy atom. The molecule has 2 fully saturated rings. The molecule has 1 atom stereocenters. The topological polar surface area (TPSA) is 103 Å². The second-order valence-corrected chi connectivity index (χ2v) is 11.3. The van der Waals surface area contributed by atoms with Gasteiger partial charge in [-0.15, -0.1) is 0 Å². The van der Waals surface area contributed by atoms with Gasteiger partial charge in [0.25, 0.3) is 0 Å². The van der Waals surface area contributed by atoms with Crippen LogP contribution < -0.4 is 4.74 Å². The van der Waals surface area contributed by atoms with Gasteiger partial charge in [0, 0.05) is 34.9 Å². The standard InChI is InChI=1S/C27H27ClFN5O4S/c28-18-5-4-17(20(29)12-18)15-38-23-3-1-2-21(30-23)16-6-9-33(10-7-16)14-22-31-25-24(32-26(39-25)27(35)36)34(22)13-19-8-11-37-19/h1-5,12,16,19H,6-11,13-15H2,(H,35,36)/t19-/m0/s1. The SMILES string of the molecule is O=C(O)c1nc2c(nc(CN3CCC(c4cccc(OCc5ccc(Cl)cc5F)n4)CC3)n2C[C@@H]2CCO2)s1. The Labute approximate surface area is 233 Å². The number of fused-ring (bicyclic) bond motifs is 1. The van der Waals surface area contributed by atoms with Crippen molar-refractivity contribution < 1.29 is 23.8 Å². The average molecular weight is 572 g/mol. The third kappa shape index (κ3) is 5.76. The molecular weight excluding hydrogens is 545 g/mol. The summed E-state index contributed by atoms with van der Waals surface area (Å²) in [5, 5.41) is 9.75. The largest absolute Gasteiger partial charge is 0.476 e. The summed E-state index contributed by atoms with van der Waals surface area (Å²) in [5.41, 5.74) is 2.02. The zero-order valence-electron chi connectivity index (χ0n) is 21.1. The normalized spacial score (nSPS) is 18.4. The fraction of sp³-hybridized carbons (Fsp3) is 0.407. The summed E-state index contributed by atoms with van der Waals surface area (Å²) in [6.45, 7) is 3.87. The molecule has 1 aromatic carbocycles. The molecule has 0 amide bonds. The molecule has 4 aromatic rings. The lowest BCUT2D eigenvalue weighted by atomic mass is 9.93. The molecule has 5 heterocycles. The quantitative estimate of drug-likeness (QED) is 0.295. The van der Waals surface area contributed by atoms with Crippen LogP contribution in [0.2, 0.25) is 5.02 Å². The minimum atomic E-state index is -1.03. The van der Waals surface area contributed by atoms with Gasteiger partial charge in [-0.25, -0.2) is 24.1 Å². The maximum atomic E-state index is 14.1. The second-order valence-electron chi connectivity index (χ2n) is 9.85. The van der Waals surface area contributed by atoms with Crippen LogP contribution in [-0.2, 0) is 24.4 Å². The van der Waals surface area contributed by atoms with Crippen LogP contribution in [0.5, 0.6) is 5.88 Å². The zero-order chi connectivity index (χ0) is 26.9. The van der Waals surface area contributed by atoms with Crippen molar-refractivity contribution in [2.24, 2.45) is 0 Å². The molecule has 1 N–H and O–H groups in total. The van der Waals surface area contributed by atoms with Crippen molar-refractivity contribution in [3.63, 3.8) is 0 Å². The van der Waals surface area contributed by atoms with Crippen LogP contribution >= 0.6 is 22.9 Å². The highest BCUT2D eigenvalue weighted by Crippen LogP contribution is 2.30. The third-order valence-electron chi connectivity index (χ3n) is 7.26. The van der Waals surface area contributed by atoms with Crippen molar-refractivity contribution in [2.75, 3.05) is 19.7 Å². The van der Waals surface area contributed by atoms with Crippen LogP contribution in [0.25, 0.3) is 10.5 Å². The van der Waals surface area contributed by atoms with Crippen molar-refractivity contribution in [2.45, 2.75) is 51.0 Å². The van der Waals surface area contributed by atoms with Gasteiger partial charge in [-0.3, -0.25) is 4.90 Å². The van der Waals surface area contributed by atoms with Gasteiger partial charge < -0.3 is 19.1 Å². The van der Waals surface area contributed by atoms with Gasteiger partial charge in [0.15, 0.2) is 10.5 Å². The molecule has 3 aromatic heterocycles. The first-order valence-electron chi connectivity index (χ1n) is 12.9. The van der Waals surface area contributed by atoms with Gasteiger partial charge >= 0.3 is 5.97 Å². The Morgan fingerprint density at radius 3 is 2.72 bits per heavy atom. The van der Waals surface area contributed by atoms with Crippen molar-refractivity contribution in [1.29, 1.82) is 0 Å². The van der Waals surface area contributed by atoms with Crippen LogP contribution in [0.1, 0.15) is 52.1 Å². The number of imidazole rings is 1. The lowest BCUT2D eigenvalue weighted by molar-refractivity contribution is -0.0592. The first-order valence-corrected chi connectivity index (χ1v) is 14.1. The number of hydrogen-bond donors (Lipinski definition) is 1. The predicted octanol–water partition coefficient (Wildman–Crippen LogP) is 5.13. The van der Waals surface area contributed by atoms with Crippen molar-refractivity contribution in [1.82, 2.24) is 24.4 Å². The van der Waals surface area contributed by atoms with E-state index in [1.807, 2.05) is 16.7 Å². The van der Waals surface area contributed by atoms with Crippen molar-refractivity contribution >= 4 is 39.4 Å². The first-order chi connectivity index (χ1) is 18.9. The van der Waals surface area contributed by atoms with E-state index in [9.17, 15) is 14.3 Å². The molecule has 2 saturated heterocycles. The van der Waals surface area contributed by atoms with Gasteiger partial charge in [-0.2, -0.15) is 0 Å². The summed E-state index contributed by atoms with van der Waals surface area (Å²) in [6.07, 6.45) is 2.96. The minimum Gasteiger partial charge on any atom is -0.476 e. The molecule has 0 bridgehead atoms. The number of piperidine rings is 1. The monoisotopic (exact) mass is 571 g/mol. The smallest absolute Gasteiger partial charge is 0.365 e. The lowest BCUT2D eigenvalue weighted by Gasteiger charge is -2.32. The number of carboxylic acid groups (broad SMARTS) is 1. The fourth-order valence-corrected chi connectivity index (χ4v) is 5.96. The van der Waals surface area contributed by atoms with E-state index in [0.717, 1.165) is 61.8 Å². The number of hydrogen-bond acceptors (Lipinski definition) is 8. The van der Waals surface area contributed by atoms with Gasteiger partial charge in [0.05, 0.1) is 19.2 Å². The summed E-state index contributed by atoms with van der Waals surface area (Å²) >= 11 is 6.94. The van der Waals surface area contributed by atoms with Crippen LogP contribution in [0.15, 0.2) is 36.4 Å². The van der Waals surface area contributed by atoms with Gasteiger partial charge in [-0.1, -0.05) is 35.1 Å². The molecule has 9 nitrogen and oxygen atoms in total. The molecule has 6 rings (SSSR count). The Morgan fingerprint density at radius 2 is 2.00 bits per heavy atom. The van der Waals surface area contributed by atoms with E-state index in [0.29, 0.717) is 46.0 Å². The Kier molecular flexibility index (Phi) is 7.48. The van der Waals surface area contributed by atoms with Crippen LogP contribution in [-0.4, -0.2) is 61.3 Å². The number of aromatic carboxylic acids is 1. The van der Waals surface area contributed by atoms with Crippen LogP contribution in [0.3, 0.4) is 0 Å². The van der Waals surface area contributed by atoms with E-state index in [-0.39, 0.29) is 17.7 Å². The van der Waals surface area contributed by atoms with Gasteiger partial charge in [0.2, 0.25) is 10.9 Å². The number of rotatable bonds is 9. The highest BCUT2D eigenvalue weighted by atomic mass is 35.5. The number of benzene rings is 1. The third-order valence-corrected chi connectivity index (χ3v) is 8.42. The van der Waals surface area contributed by atoms with E-state index in [4.69, 9.17) is 31.0 Å². The number of aromatic nitrogens is 4. The van der Waals surface area contributed by atoms with Gasteiger partial charge in [-0.05, 0) is 50.6 Å². The van der Waals surface area contributed by atoms with Gasteiger partial charge in [0.1, 0.15) is 18.2 Å². The Balaban J connectivity index is 1.09. The fourth-order valence-electron chi connectivity index (χ4n) is 5.00. The number of carbonyl (C=O) groups is 1. The van der Waals surface area contributed by atoms with E-state index < -0.39 is 11.8 Å². The summed E-state index contributed by atoms with van der Waals surface area (Å²) < 4.78 is 27.5. The highest BCUT2D eigenvalue weighted by Gasteiger charge is 2.27. The molecule has 12 heteroatoms. The molecule has 0 saturated carbocycles. The zero-order valence-corrected chi connectivity index (χ0v) is 22.6. The highest BCUT2D eigenvalue weighted by molar-refractivity contribution is 7.19. The van der Waals surface area contributed by atoms with Crippen molar-refractivity contribution in [3.05, 3.63) is 69.3 Å². The number of nitrogens with zero attached hydrogens (tertiary/aromatic N) is 5. The molecule has 0 aliphatic carbocycles. The van der Waals surface area contributed by atoms with E-state index in [2.05, 4.69) is 9.88 Å². The molecule has 0 radical (unpaired) electrons. The van der Waals surface area contributed by atoms with E-state index in [1.54, 1.807) is 18.2 Å². The minimum absolute atomic E-state index is 0.0557. The summed E-state index contributed by atoms with van der Waals surface area (Å²) in [4.78, 5) is 28.2. The lowest BCUT2D eigenvalue weighted by Crippen LogP contribution is -2.35. The summed E-state index contributed by atoms with van der Waals surface area (Å²) in [6, 6.07) is 10.3. The predicted molar refractivity (Wildman–Crippen MR) is 144 cm³/mol. The summed E-state index contributed by atoms with van der Waals surface area (Å²) in [7, 11) is 0. The van der Waals surface area contributed by atoms with Crippen molar-refractivity contribution in [3.8, 4) is 5.88 Å². The average Bonchev–Trinajstić information content (AvgIpc) is 3.45. The molecule has 39 heavy (non-hydrogen) atoms. The molecule has 0 spiro atoms. The number of thiazole rings is 1. The van der Waals surface area contributed by atoms with E-state index in [1.165, 1.54) is 6.07 Å². The maximum absolute atomic E-state index is 14.1. The number of carboxylic acids is 1. The van der Waals surface area contributed by atoms with Crippen LogP contribution in [0.4, 0.5) is 4.39 Å². The van der Waals surface area contributed by atoms with Crippen LogP contribution in [0, 0.1) is 5.82 Å². The molecule has 2 aliphatic rings. The molecule has 0 unspecified atom stereocenters. The number of halogens is 2. The molecule has 204 valence electrons. The summed E-state index contributed by atoms with van der Waals surface area (Å²) in [5.74, 6) is 0.219. The second kappa shape index (κ2) is 11.2.